The van der Waals surface area contributed by atoms with Gasteiger partial charge >= 0.3 is 0 Å². The molecule has 7 nitrogen and oxygen atoms in total. The number of nitrogens with one attached hydrogen (secondary N) is 2. The van der Waals surface area contributed by atoms with Gasteiger partial charge in [-0.2, -0.15) is 0 Å². The van der Waals surface area contributed by atoms with Crippen LogP contribution in [0.4, 0.5) is 5.82 Å². The molecule has 1 aromatic rings. The first-order valence-electron chi connectivity index (χ1n) is 10.3. The number of ether oxygens (including phenoxy) is 2. The SMILES string of the molecule is CCNC(=NCCCCNc1ccccn1)N1CCOC(C2CCCO2)C1. The Morgan fingerprint density at radius 1 is 1.26 bits per heavy atom. The van der Waals surface area contributed by atoms with E-state index in [1.807, 2.05) is 24.4 Å². The van der Waals surface area contributed by atoms with Gasteiger partial charge in [-0.05, 0) is 44.7 Å². The summed E-state index contributed by atoms with van der Waals surface area (Å²) in [6, 6.07) is 5.91. The average Bonchev–Trinajstić information content (AvgIpc) is 3.25. The van der Waals surface area contributed by atoms with Crippen LogP contribution in [-0.2, 0) is 9.47 Å². The van der Waals surface area contributed by atoms with Gasteiger partial charge in [0.05, 0.1) is 12.7 Å². The van der Waals surface area contributed by atoms with Crippen LogP contribution in [0.1, 0.15) is 32.6 Å². The van der Waals surface area contributed by atoms with Crippen LogP contribution in [0.5, 0.6) is 0 Å². The van der Waals surface area contributed by atoms with E-state index in [9.17, 15) is 0 Å². The van der Waals surface area contributed by atoms with Crippen molar-refractivity contribution >= 4 is 11.8 Å². The average molecular weight is 376 g/mol. The minimum Gasteiger partial charge on any atom is -0.375 e. The van der Waals surface area contributed by atoms with Crippen LogP contribution in [0.3, 0.4) is 0 Å². The first-order chi connectivity index (χ1) is 13.4. The first-order valence-corrected chi connectivity index (χ1v) is 10.3. The molecule has 1 aromatic heterocycles. The summed E-state index contributed by atoms with van der Waals surface area (Å²) in [7, 11) is 0. The van der Waals surface area contributed by atoms with Crippen LogP contribution in [0.2, 0.25) is 0 Å². The van der Waals surface area contributed by atoms with Crippen LogP contribution in [-0.4, -0.2) is 74.0 Å². The molecule has 27 heavy (non-hydrogen) atoms. The van der Waals surface area contributed by atoms with Crippen molar-refractivity contribution in [2.75, 3.05) is 51.3 Å². The number of unbranched alkanes of at least 4 members (excludes halogenated alkanes) is 1. The Bertz CT molecular complexity index is 563. The topological polar surface area (TPSA) is 71.0 Å². The second-order valence-electron chi connectivity index (χ2n) is 6.99. The molecule has 2 aliphatic rings. The van der Waals surface area contributed by atoms with Gasteiger partial charge in [-0.1, -0.05) is 6.07 Å². The maximum Gasteiger partial charge on any atom is 0.194 e. The lowest BCUT2D eigenvalue weighted by Crippen LogP contribution is -2.53. The van der Waals surface area contributed by atoms with E-state index in [2.05, 4.69) is 27.4 Å². The maximum atomic E-state index is 5.96. The van der Waals surface area contributed by atoms with Crippen molar-refractivity contribution in [1.82, 2.24) is 15.2 Å². The summed E-state index contributed by atoms with van der Waals surface area (Å²) in [4.78, 5) is 11.4. The van der Waals surface area contributed by atoms with Crippen molar-refractivity contribution in [2.45, 2.75) is 44.8 Å². The largest absolute Gasteiger partial charge is 0.375 e. The molecule has 0 amide bonds. The molecule has 3 rings (SSSR count). The molecular weight excluding hydrogens is 342 g/mol. The fourth-order valence-corrected chi connectivity index (χ4v) is 3.52. The molecule has 0 saturated carbocycles. The van der Waals surface area contributed by atoms with Gasteiger partial charge < -0.3 is 25.0 Å². The molecule has 2 aliphatic heterocycles. The zero-order valence-corrected chi connectivity index (χ0v) is 16.4. The van der Waals surface area contributed by atoms with Crippen LogP contribution in [0.25, 0.3) is 0 Å². The predicted octanol–water partition coefficient (Wildman–Crippen LogP) is 2.12. The summed E-state index contributed by atoms with van der Waals surface area (Å²) in [6.07, 6.45) is 6.58. The van der Waals surface area contributed by atoms with Gasteiger partial charge in [0.25, 0.3) is 0 Å². The summed E-state index contributed by atoms with van der Waals surface area (Å²) in [5.41, 5.74) is 0. The van der Waals surface area contributed by atoms with Crippen molar-refractivity contribution in [1.29, 1.82) is 0 Å². The molecule has 7 heteroatoms. The zero-order valence-electron chi connectivity index (χ0n) is 16.4. The molecule has 2 N–H and O–H groups in total. The molecule has 0 aromatic carbocycles. The van der Waals surface area contributed by atoms with Crippen LogP contribution in [0, 0.1) is 0 Å². The Hall–Kier alpha value is -1.86. The van der Waals surface area contributed by atoms with E-state index in [1.54, 1.807) is 0 Å². The molecule has 0 aliphatic carbocycles. The van der Waals surface area contributed by atoms with E-state index in [0.29, 0.717) is 0 Å². The molecule has 2 saturated heterocycles. The van der Waals surface area contributed by atoms with Gasteiger partial charge in [-0.3, -0.25) is 4.99 Å². The molecule has 2 unspecified atom stereocenters. The Morgan fingerprint density at radius 3 is 2.96 bits per heavy atom. The minimum absolute atomic E-state index is 0.160. The number of aromatic nitrogens is 1. The molecular formula is C20H33N5O2. The van der Waals surface area contributed by atoms with Crippen molar-refractivity contribution in [3.8, 4) is 0 Å². The van der Waals surface area contributed by atoms with Crippen molar-refractivity contribution in [2.24, 2.45) is 4.99 Å². The summed E-state index contributed by atoms with van der Waals surface area (Å²) in [5, 5.41) is 6.78. The first kappa shape index (κ1) is 19.9. The number of anilines is 1. The standard InChI is InChI=1S/C20H33N5O2/c1-2-21-20(24-12-6-5-11-23-19-9-3-4-10-22-19)25-13-15-27-18(16-25)17-8-7-14-26-17/h3-4,9-10,17-18H,2,5-8,11-16H2,1H3,(H,21,24)(H,22,23). The number of rotatable bonds is 8. The molecule has 0 spiro atoms. The van der Waals surface area contributed by atoms with Gasteiger partial charge in [0.2, 0.25) is 0 Å². The fraction of sp³-hybridized carbons (Fsp3) is 0.700. The zero-order chi connectivity index (χ0) is 18.7. The van der Waals surface area contributed by atoms with Crippen molar-refractivity contribution in [3.63, 3.8) is 0 Å². The van der Waals surface area contributed by atoms with Crippen molar-refractivity contribution in [3.05, 3.63) is 24.4 Å². The highest BCUT2D eigenvalue weighted by Crippen LogP contribution is 2.21. The highest BCUT2D eigenvalue weighted by molar-refractivity contribution is 5.80. The summed E-state index contributed by atoms with van der Waals surface area (Å²) < 4.78 is 11.8. The number of pyridine rings is 1. The van der Waals surface area contributed by atoms with Gasteiger partial charge in [0, 0.05) is 45.5 Å². The number of nitrogens with zero attached hydrogens (tertiary/aromatic N) is 3. The Morgan fingerprint density at radius 2 is 2.19 bits per heavy atom. The highest BCUT2D eigenvalue weighted by atomic mass is 16.5. The summed E-state index contributed by atoms with van der Waals surface area (Å²) in [5.74, 6) is 1.93. The van der Waals surface area contributed by atoms with Gasteiger partial charge in [-0.25, -0.2) is 4.98 Å². The lowest BCUT2D eigenvalue weighted by Gasteiger charge is -2.37. The monoisotopic (exact) mass is 375 g/mol. The smallest absolute Gasteiger partial charge is 0.194 e. The number of hydrogen-bond donors (Lipinski definition) is 2. The van der Waals surface area contributed by atoms with E-state index >= 15 is 0 Å². The number of guanidine groups is 1. The minimum atomic E-state index is 0.160. The van der Waals surface area contributed by atoms with E-state index in [4.69, 9.17) is 14.5 Å². The normalized spacial score (nSPS) is 23.4. The van der Waals surface area contributed by atoms with E-state index in [1.165, 1.54) is 0 Å². The predicted molar refractivity (Wildman–Crippen MR) is 108 cm³/mol. The molecule has 0 bridgehead atoms. The highest BCUT2D eigenvalue weighted by Gasteiger charge is 2.32. The van der Waals surface area contributed by atoms with E-state index in [-0.39, 0.29) is 12.2 Å². The number of hydrogen-bond acceptors (Lipinski definition) is 5. The van der Waals surface area contributed by atoms with Gasteiger partial charge in [0.15, 0.2) is 5.96 Å². The molecule has 150 valence electrons. The van der Waals surface area contributed by atoms with Gasteiger partial charge in [-0.15, -0.1) is 0 Å². The number of aliphatic imine (C=N–C) groups is 1. The third kappa shape index (κ3) is 6.36. The Kier molecular flexibility index (Phi) is 8.17. The molecule has 2 atom stereocenters. The second kappa shape index (κ2) is 11.1. The van der Waals surface area contributed by atoms with Gasteiger partial charge in [0.1, 0.15) is 11.9 Å². The maximum absolute atomic E-state index is 5.96. The number of morpholine rings is 1. The third-order valence-electron chi connectivity index (χ3n) is 4.92. The van der Waals surface area contributed by atoms with Crippen LogP contribution < -0.4 is 10.6 Å². The van der Waals surface area contributed by atoms with Crippen LogP contribution >= 0.6 is 0 Å². The third-order valence-corrected chi connectivity index (χ3v) is 4.92. The lowest BCUT2D eigenvalue weighted by atomic mass is 10.1. The summed E-state index contributed by atoms with van der Waals surface area (Å²) in [6.45, 7) is 8.09. The second-order valence-corrected chi connectivity index (χ2v) is 6.99. The summed E-state index contributed by atoms with van der Waals surface area (Å²) >= 11 is 0. The molecule has 0 radical (unpaired) electrons. The molecule has 2 fully saturated rings. The van der Waals surface area contributed by atoms with E-state index in [0.717, 1.165) is 83.4 Å². The molecule has 3 heterocycles. The van der Waals surface area contributed by atoms with E-state index < -0.39 is 0 Å². The Labute approximate surface area is 162 Å². The fourth-order valence-electron chi connectivity index (χ4n) is 3.52. The van der Waals surface area contributed by atoms with Crippen LogP contribution in [0.15, 0.2) is 29.4 Å². The lowest BCUT2D eigenvalue weighted by molar-refractivity contribution is -0.0817. The Balaban J connectivity index is 1.41. The van der Waals surface area contributed by atoms with Crippen molar-refractivity contribution < 1.29 is 9.47 Å². The quantitative estimate of drug-likeness (QED) is 0.412.